The maximum absolute atomic E-state index is 11.8. The zero-order chi connectivity index (χ0) is 14.5. The lowest BCUT2D eigenvalue weighted by Crippen LogP contribution is -2.20. The van der Waals surface area contributed by atoms with Crippen LogP contribution in [-0.2, 0) is 4.79 Å². The summed E-state index contributed by atoms with van der Waals surface area (Å²) in [6, 6.07) is 10.8. The second-order valence-electron chi connectivity index (χ2n) is 4.15. The van der Waals surface area contributed by atoms with Crippen LogP contribution in [0, 0.1) is 6.92 Å². The number of nitrogens with zero attached hydrogens (tertiary/aromatic N) is 1. The van der Waals surface area contributed by atoms with Crippen LogP contribution in [0.25, 0.3) is 0 Å². The molecule has 0 saturated carbocycles. The number of ether oxygens (including phenoxy) is 1. The van der Waals surface area contributed by atoms with Gasteiger partial charge in [-0.1, -0.05) is 12.1 Å². The van der Waals surface area contributed by atoms with E-state index in [9.17, 15) is 4.79 Å². The maximum Gasteiger partial charge on any atom is 0.262 e. The Morgan fingerprint density at radius 2 is 2.10 bits per heavy atom. The Bertz CT molecular complexity index is 632. The molecule has 0 unspecified atom stereocenters. The fourth-order valence-corrected chi connectivity index (χ4v) is 1.96. The van der Waals surface area contributed by atoms with Gasteiger partial charge in [-0.3, -0.25) is 4.79 Å². The number of rotatable bonds is 4. The van der Waals surface area contributed by atoms with E-state index in [2.05, 4.69) is 26.2 Å². The third kappa shape index (κ3) is 3.71. The van der Waals surface area contributed by atoms with E-state index in [0.29, 0.717) is 11.4 Å². The Kier molecular flexibility index (Phi) is 4.57. The first-order valence-electron chi connectivity index (χ1n) is 5.96. The van der Waals surface area contributed by atoms with Crippen LogP contribution in [0.15, 0.2) is 40.9 Å². The molecule has 104 valence electrons. The van der Waals surface area contributed by atoms with Crippen molar-refractivity contribution in [1.82, 2.24) is 4.98 Å². The molecule has 0 spiro atoms. The first-order chi connectivity index (χ1) is 9.56. The van der Waals surface area contributed by atoms with Gasteiger partial charge in [0, 0.05) is 10.2 Å². The number of anilines is 2. The van der Waals surface area contributed by atoms with Crippen molar-refractivity contribution in [3.8, 4) is 5.75 Å². The van der Waals surface area contributed by atoms with E-state index in [0.717, 1.165) is 10.2 Å². The Balaban J connectivity index is 1.94. The summed E-state index contributed by atoms with van der Waals surface area (Å²) in [6.07, 6.45) is 0. The number of carbonyl (C=O) groups is 1. The third-order valence-electron chi connectivity index (χ3n) is 2.53. The number of hydrogen-bond acceptors (Lipinski definition) is 4. The van der Waals surface area contributed by atoms with Gasteiger partial charge in [0.25, 0.3) is 5.91 Å². The van der Waals surface area contributed by atoms with Crippen molar-refractivity contribution in [3.05, 3.63) is 46.6 Å². The third-order valence-corrected chi connectivity index (χ3v) is 3.22. The molecule has 0 aliphatic heterocycles. The van der Waals surface area contributed by atoms with Gasteiger partial charge in [-0.25, -0.2) is 4.98 Å². The molecule has 2 aromatic rings. The van der Waals surface area contributed by atoms with Crippen LogP contribution >= 0.6 is 15.9 Å². The summed E-state index contributed by atoms with van der Waals surface area (Å²) >= 11 is 3.35. The lowest BCUT2D eigenvalue weighted by atomic mass is 10.3. The van der Waals surface area contributed by atoms with E-state index in [1.165, 1.54) is 0 Å². The van der Waals surface area contributed by atoms with Crippen molar-refractivity contribution in [3.63, 3.8) is 0 Å². The Morgan fingerprint density at radius 1 is 1.35 bits per heavy atom. The molecule has 0 atom stereocenters. The SMILES string of the molecule is Cc1ccc(OCC(=O)Nc2ccccc2Br)c(N)n1. The number of hydrogen-bond donors (Lipinski definition) is 2. The fraction of sp³-hybridized carbons (Fsp3) is 0.143. The molecule has 2 rings (SSSR count). The topological polar surface area (TPSA) is 77.2 Å². The van der Waals surface area contributed by atoms with Gasteiger partial charge < -0.3 is 15.8 Å². The molecule has 3 N–H and O–H groups in total. The predicted octanol–water partition coefficient (Wildman–Crippen LogP) is 2.75. The number of para-hydroxylation sites is 1. The summed E-state index contributed by atoms with van der Waals surface area (Å²) in [6.45, 7) is 1.70. The fourth-order valence-electron chi connectivity index (χ4n) is 1.58. The van der Waals surface area contributed by atoms with Crippen molar-refractivity contribution in [2.75, 3.05) is 17.7 Å². The Hall–Kier alpha value is -2.08. The number of nitrogens with two attached hydrogens (primary N) is 1. The normalized spacial score (nSPS) is 10.1. The van der Waals surface area contributed by atoms with Crippen LogP contribution in [0.2, 0.25) is 0 Å². The smallest absolute Gasteiger partial charge is 0.262 e. The molecule has 20 heavy (non-hydrogen) atoms. The van der Waals surface area contributed by atoms with Gasteiger partial charge in [0.2, 0.25) is 0 Å². The van der Waals surface area contributed by atoms with E-state index < -0.39 is 0 Å². The van der Waals surface area contributed by atoms with Crippen LogP contribution in [0.3, 0.4) is 0 Å². The first-order valence-corrected chi connectivity index (χ1v) is 6.76. The van der Waals surface area contributed by atoms with Gasteiger partial charge >= 0.3 is 0 Å². The van der Waals surface area contributed by atoms with Gasteiger partial charge in [0.15, 0.2) is 18.2 Å². The van der Waals surface area contributed by atoms with Crippen LogP contribution < -0.4 is 15.8 Å². The molecule has 1 heterocycles. The van der Waals surface area contributed by atoms with Gasteiger partial charge in [-0.15, -0.1) is 0 Å². The minimum Gasteiger partial charge on any atom is -0.480 e. The maximum atomic E-state index is 11.8. The van der Waals surface area contributed by atoms with Gasteiger partial charge in [-0.2, -0.15) is 0 Å². The molecule has 0 aliphatic rings. The number of nitrogens with one attached hydrogen (secondary N) is 1. The van der Waals surface area contributed by atoms with E-state index in [-0.39, 0.29) is 18.3 Å². The van der Waals surface area contributed by atoms with Crippen LogP contribution in [0.4, 0.5) is 11.5 Å². The number of nitrogen functional groups attached to an aromatic ring is 1. The minimum absolute atomic E-state index is 0.129. The second kappa shape index (κ2) is 6.38. The standard InChI is InChI=1S/C14H14BrN3O2/c1-9-6-7-12(14(16)17-9)20-8-13(19)18-11-5-3-2-4-10(11)15/h2-7H,8H2,1H3,(H2,16,17)(H,18,19). The van der Waals surface area contributed by atoms with E-state index in [4.69, 9.17) is 10.5 Å². The molecule has 0 bridgehead atoms. The van der Waals surface area contributed by atoms with Crippen molar-refractivity contribution in [1.29, 1.82) is 0 Å². The van der Waals surface area contributed by atoms with Crippen molar-refractivity contribution in [2.45, 2.75) is 6.92 Å². The van der Waals surface area contributed by atoms with Gasteiger partial charge in [0.05, 0.1) is 5.69 Å². The molecule has 0 aliphatic carbocycles. The molecular formula is C14H14BrN3O2. The van der Waals surface area contributed by atoms with Gasteiger partial charge in [-0.05, 0) is 47.1 Å². The highest BCUT2D eigenvalue weighted by Crippen LogP contribution is 2.21. The number of aryl methyl sites for hydroxylation is 1. The highest BCUT2D eigenvalue weighted by molar-refractivity contribution is 9.10. The first kappa shape index (κ1) is 14.3. The summed E-state index contributed by atoms with van der Waals surface area (Å²) in [5.41, 5.74) is 7.20. The number of pyridine rings is 1. The zero-order valence-corrected chi connectivity index (χ0v) is 12.5. The monoisotopic (exact) mass is 335 g/mol. The summed E-state index contributed by atoms with van der Waals surface area (Å²) in [4.78, 5) is 15.9. The molecular weight excluding hydrogens is 322 g/mol. The Morgan fingerprint density at radius 3 is 2.80 bits per heavy atom. The average Bonchev–Trinajstić information content (AvgIpc) is 2.40. The Labute approximate surface area is 125 Å². The quantitative estimate of drug-likeness (QED) is 0.900. The number of carbonyl (C=O) groups excluding carboxylic acids is 1. The highest BCUT2D eigenvalue weighted by Gasteiger charge is 2.08. The van der Waals surface area contributed by atoms with Crippen molar-refractivity contribution in [2.24, 2.45) is 0 Å². The van der Waals surface area contributed by atoms with E-state index in [1.807, 2.05) is 25.1 Å². The largest absolute Gasteiger partial charge is 0.480 e. The minimum atomic E-state index is -0.267. The van der Waals surface area contributed by atoms with Crippen molar-refractivity contribution < 1.29 is 9.53 Å². The molecule has 0 fully saturated rings. The summed E-state index contributed by atoms with van der Waals surface area (Å²) < 4.78 is 6.16. The molecule has 0 radical (unpaired) electrons. The molecule has 0 saturated heterocycles. The van der Waals surface area contributed by atoms with Crippen LogP contribution in [0.5, 0.6) is 5.75 Å². The summed E-state index contributed by atoms with van der Waals surface area (Å²) in [7, 11) is 0. The number of benzene rings is 1. The van der Waals surface area contributed by atoms with Gasteiger partial charge in [0.1, 0.15) is 0 Å². The summed E-state index contributed by atoms with van der Waals surface area (Å²) in [5, 5.41) is 2.74. The van der Waals surface area contributed by atoms with Crippen molar-refractivity contribution >= 4 is 33.3 Å². The predicted molar refractivity (Wildman–Crippen MR) is 81.7 cm³/mol. The number of amides is 1. The molecule has 1 aromatic carbocycles. The van der Waals surface area contributed by atoms with Crippen LogP contribution in [-0.4, -0.2) is 17.5 Å². The lowest BCUT2D eigenvalue weighted by Gasteiger charge is -2.10. The highest BCUT2D eigenvalue weighted by atomic mass is 79.9. The van der Waals surface area contributed by atoms with E-state index in [1.54, 1.807) is 18.2 Å². The molecule has 1 amide bonds. The van der Waals surface area contributed by atoms with Crippen LogP contribution in [0.1, 0.15) is 5.69 Å². The molecule has 6 heteroatoms. The second-order valence-corrected chi connectivity index (χ2v) is 5.01. The molecule has 5 nitrogen and oxygen atoms in total. The average molecular weight is 336 g/mol. The number of aromatic nitrogens is 1. The van der Waals surface area contributed by atoms with E-state index >= 15 is 0 Å². The summed E-state index contributed by atoms with van der Waals surface area (Å²) in [5.74, 6) is 0.411. The number of halogens is 1. The zero-order valence-electron chi connectivity index (χ0n) is 10.9. The molecule has 1 aromatic heterocycles. The lowest BCUT2D eigenvalue weighted by molar-refractivity contribution is -0.118.